The molecule has 0 radical (unpaired) electrons. The number of hydrogen-bond donors (Lipinski definition) is 10. The smallest absolute Gasteiger partial charge is 0.326 e. The van der Waals surface area contributed by atoms with E-state index in [0.29, 0.717) is 0 Å². The maximum absolute atomic E-state index is 12.8. The van der Waals surface area contributed by atoms with Crippen molar-refractivity contribution in [2.45, 2.75) is 56.5 Å². The number of rotatable bonds is 15. The van der Waals surface area contributed by atoms with Gasteiger partial charge in [-0.1, -0.05) is 18.2 Å². The molecule has 2 aromatic rings. The van der Waals surface area contributed by atoms with Crippen LogP contribution in [0.3, 0.4) is 0 Å². The van der Waals surface area contributed by atoms with E-state index < -0.39 is 60.6 Å². The van der Waals surface area contributed by atoms with Gasteiger partial charge in [-0.3, -0.25) is 19.4 Å². The molecule has 5 unspecified atom stereocenters. The second-order valence-electron chi connectivity index (χ2n) is 8.99. The van der Waals surface area contributed by atoms with E-state index in [1.807, 2.05) is 24.3 Å². The Morgan fingerprint density at radius 3 is 2.31 bits per heavy atom. The van der Waals surface area contributed by atoms with Gasteiger partial charge < -0.3 is 53.5 Å². The monoisotopic (exact) mass is 548 g/mol. The molecule has 0 aliphatic rings. The van der Waals surface area contributed by atoms with Gasteiger partial charge >= 0.3 is 5.97 Å². The van der Waals surface area contributed by atoms with Crippen LogP contribution >= 0.6 is 0 Å². The maximum Gasteiger partial charge on any atom is 0.326 e. The van der Waals surface area contributed by atoms with Crippen molar-refractivity contribution < 1.29 is 34.5 Å². The van der Waals surface area contributed by atoms with Crippen molar-refractivity contribution in [3.8, 4) is 0 Å². The molecule has 0 spiro atoms. The standard InChI is InChI=1S/C24H36N8O7/c1-12(34)19(22(37)30-17(23(38)39)7-4-8-28-24(26)27)32-21(36)18(11-33)31-20(35)15(25)9-13-10-29-16-6-3-2-5-14(13)16/h2-3,5-6,10,12,15,17-19,29,33-34H,4,7-9,11,25H2,1H3,(H,30,37)(H,31,35)(H,32,36)(H,38,39)(H4,26,27,28). The number of nitrogens with two attached hydrogens (primary N) is 3. The van der Waals surface area contributed by atoms with Crippen LogP contribution in [-0.4, -0.2) is 93.4 Å². The topological polar surface area (TPSA) is 271 Å². The van der Waals surface area contributed by atoms with Gasteiger partial charge in [-0.2, -0.15) is 0 Å². The van der Waals surface area contributed by atoms with Gasteiger partial charge in [-0.25, -0.2) is 4.79 Å². The quantitative estimate of drug-likeness (QED) is 0.0612. The fourth-order valence-corrected chi connectivity index (χ4v) is 3.78. The molecule has 1 aromatic heterocycles. The number of para-hydroxylation sites is 1. The molecule has 0 fully saturated rings. The second kappa shape index (κ2) is 14.7. The molecule has 3 amide bonds. The number of benzene rings is 1. The van der Waals surface area contributed by atoms with Crippen molar-refractivity contribution in [3.05, 3.63) is 36.0 Å². The number of aliphatic imine (C=N–C) groups is 1. The predicted molar refractivity (Wildman–Crippen MR) is 142 cm³/mol. The van der Waals surface area contributed by atoms with E-state index in [-0.39, 0.29) is 31.8 Å². The van der Waals surface area contributed by atoms with Crippen molar-refractivity contribution in [3.63, 3.8) is 0 Å². The number of aromatic amines is 1. The summed E-state index contributed by atoms with van der Waals surface area (Å²) in [5, 5.41) is 36.9. The minimum atomic E-state index is -1.58. The highest BCUT2D eigenvalue weighted by molar-refractivity contribution is 5.94. The van der Waals surface area contributed by atoms with Gasteiger partial charge in [-0.05, 0) is 37.8 Å². The zero-order valence-electron chi connectivity index (χ0n) is 21.5. The molecular formula is C24H36N8O7. The first kappa shape index (κ1) is 31.0. The number of hydrogen-bond acceptors (Lipinski definition) is 8. The lowest BCUT2D eigenvalue weighted by atomic mass is 10.0. The molecule has 2 rings (SSSR count). The summed E-state index contributed by atoms with van der Waals surface area (Å²) >= 11 is 0. The van der Waals surface area contributed by atoms with Gasteiger partial charge in [0.2, 0.25) is 17.7 Å². The minimum Gasteiger partial charge on any atom is -0.480 e. The van der Waals surface area contributed by atoms with E-state index in [1.54, 1.807) is 6.20 Å². The number of carbonyl (C=O) groups is 4. The Morgan fingerprint density at radius 1 is 1.03 bits per heavy atom. The van der Waals surface area contributed by atoms with Crippen LogP contribution in [0.4, 0.5) is 0 Å². The lowest BCUT2D eigenvalue weighted by Gasteiger charge is -2.26. The number of aromatic nitrogens is 1. The van der Waals surface area contributed by atoms with E-state index in [2.05, 4.69) is 25.9 Å². The van der Waals surface area contributed by atoms with Crippen molar-refractivity contribution >= 4 is 40.6 Å². The van der Waals surface area contributed by atoms with Crippen LogP contribution in [0, 0.1) is 0 Å². The third-order valence-electron chi connectivity index (χ3n) is 5.89. The number of H-pyrrole nitrogens is 1. The minimum absolute atomic E-state index is 0.0258. The SMILES string of the molecule is CC(O)C(NC(=O)C(CO)NC(=O)C(N)Cc1c[nH]c2ccccc12)C(=O)NC(CCCN=C(N)N)C(=O)O. The van der Waals surface area contributed by atoms with Gasteiger partial charge in [0.05, 0.1) is 18.8 Å². The van der Waals surface area contributed by atoms with Crippen molar-refractivity contribution in [2.75, 3.05) is 13.2 Å². The van der Waals surface area contributed by atoms with Crippen LogP contribution in [0.1, 0.15) is 25.3 Å². The Kier molecular flexibility index (Phi) is 11.7. The largest absolute Gasteiger partial charge is 0.480 e. The van der Waals surface area contributed by atoms with Crippen LogP contribution in [0.15, 0.2) is 35.5 Å². The first-order valence-electron chi connectivity index (χ1n) is 12.2. The number of aliphatic hydroxyl groups excluding tert-OH is 2. The van der Waals surface area contributed by atoms with E-state index in [1.165, 1.54) is 6.92 Å². The van der Waals surface area contributed by atoms with Gasteiger partial charge in [-0.15, -0.1) is 0 Å². The first-order chi connectivity index (χ1) is 18.4. The summed E-state index contributed by atoms with van der Waals surface area (Å²) in [7, 11) is 0. The van der Waals surface area contributed by atoms with E-state index in [0.717, 1.165) is 16.5 Å². The molecule has 15 heteroatoms. The zero-order valence-corrected chi connectivity index (χ0v) is 21.5. The van der Waals surface area contributed by atoms with E-state index >= 15 is 0 Å². The fraction of sp³-hybridized carbons (Fsp3) is 0.458. The lowest BCUT2D eigenvalue weighted by Crippen LogP contribution is -2.60. The molecule has 0 aliphatic heterocycles. The summed E-state index contributed by atoms with van der Waals surface area (Å²) in [6.45, 7) is 0.523. The van der Waals surface area contributed by atoms with Crippen molar-refractivity contribution in [1.82, 2.24) is 20.9 Å². The molecular weight excluding hydrogens is 512 g/mol. The summed E-state index contributed by atoms with van der Waals surface area (Å²) < 4.78 is 0. The molecule has 13 N–H and O–H groups in total. The number of nitrogens with zero attached hydrogens (tertiary/aromatic N) is 1. The summed E-state index contributed by atoms with van der Waals surface area (Å²) in [5.41, 5.74) is 18.1. The number of amides is 3. The highest BCUT2D eigenvalue weighted by atomic mass is 16.4. The Labute approximate surface area is 224 Å². The van der Waals surface area contributed by atoms with E-state index in [4.69, 9.17) is 17.2 Å². The molecule has 1 heterocycles. The van der Waals surface area contributed by atoms with Crippen LogP contribution < -0.4 is 33.2 Å². The zero-order chi connectivity index (χ0) is 29.1. The van der Waals surface area contributed by atoms with Crippen molar-refractivity contribution in [2.24, 2.45) is 22.2 Å². The summed E-state index contributed by atoms with van der Waals surface area (Å²) in [6.07, 6.45) is 0.642. The molecule has 1 aromatic carbocycles. The number of aliphatic carboxylic acids is 1. The van der Waals surface area contributed by atoms with Crippen LogP contribution in [0.2, 0.25) is 0 Å². The average molecular weight is 549 g/mol. The molecule has 5 atom stereocenters. The van der Waals surface area contributed by atoms with Crippen LogP contribution in [-0.2, 0) is 25.6 Å². The first-order valence-corrected chi connectivity index (χ1v) is 12.2. The van der Waals surface area contributed by atoms with Gasteiger partial charge in [0.25, 0.3) is 0 Å². The number of fused-ring (bicyclic) bond motifs is 1. The Balaban J connectivity index is 1.99. The maximum atomic E-state index is 12.8. The number of carboxylic acids is 1. The normalized spacial score (nSPS) is 14.9. The molecule has 39 heavy (non-hydrogen) atoms. The van der Waals surface area contributed by atoms with Gasteiger partial charge in [0, 0.05) is 23.6 Å². The highest BCUT2D eigenvalue weighted by Crippen LogP contribution is 2.18. The number of aliphatic hydroxyl groups is 2. The number of carbonyl (C=O) groups excluding carboxylic acids is 3. The van der Waals surface area contributed by atoms with Gasteiger partial charge in [0.1, 0.15) is 18.1 Å². The Bertz CT molecular complexity index is 1180. The lowest BCUT2D eigenvalue weighted by molar-refractivity contribution is -0.143. The van der Waals surface area contributed by atoms with Crippen LogP contribution in [0.5, 0.6) is 0 Å². The third-order valence-corrected chi connectivity index (χ3v) is 5.89. The Morgan fingerprint density at radius 2 is 1.69 bits per heavy atom. The summed E-state index contributed by atoms with van der Waals surface area (Å²) in [4.78, 5) is 56.5. The second-order valence-corrected chi connectivity index (χ2v) is 8.99. The van der Waals surface area contributed by atoms with E-state index in [9.17, 15) is 34.5 Å². The van der Waals surface area contributed by atoms with Crippen molar-refractivity contribution in [1.29, 1.82) is 0 Å². The number of guanidine groups is 1. The number of carboxylic acid groups (broad SMARTS) is 1. The number of nitrogens with one attached hydrogen (secondary N) is 4. The summed E-state index contributed by atoms with van der Waals surface area (Å²) in [6, 6.07) is 1.97. The average Bonchev–Trinajstić information content (AvgIpc) is 3.29. The molecule has 0 bridgehead atoms. The van der Waals surface area contributed by atoms with Crippen LogP contribution in [0.25, 0.3) is 10.9 Å². The predicted octanol–water partition coefficient (Wildman–Crippen LogP) is -3.00. The molecule has 214 valence electrons. The fourth-order valence-electron chi connectivity index (χ4n) is 3.78. The third kappa shape index (κ3) is 9.24. The molecule has 15 nitrogen and oxygen atoms in total. The Hall–Kier alpha value is -4.21. The highest BCUT2D eigenvalue weighted by Gasteiger charge is 2.32. The molecule has 0 saturated carbocycles. The summed E-state index contributed by atoms with van der Waals surface area (Å²) in [5.74, 6) is -4.18. The van der Waals surface area contributed by atoms with Gasteiger partial charge in [0.15, 0.2) is 5.96 Å². The molecule has 0 aliphatic carbocycles. The molecule has 0 saturated heterocycles.